The van der Waals surface area contributed by atoms with Gasteiger partial charge >= 0.3 is 5.97 Å². The molecule has 1 N–H and O–H groups in total. The summed E-state index contributed by atoms with van der Waals surface area (Å²) < 4.78 is 11.2. The van der Waals surface area contributed by atoms with Gasteiger partial charge in [-0.3, -0.25) is 9.59 Å². The van der Waals surface area contributed by atoms with E-state index in [-0.39, 0.29) is 25.5 Å². The molecule has 6 nitrogen and oxygen atoms in total. The number of hydrogen-bond donors (Lipinski definition) is 1. The van der Waals surface area contributed by atoms with Crippen LogP contribution in [-0.4, -0.2) is 47.7 Å². The molecule has 6 heteroatoms. The van der Waals surface area contributed by atoms with Crippen molar-refractivity contribution in [2.24, 2.45) is 0 Å². The first-order chi connectivity index (χ1) is 12.6. The number of nitrogens with zero attached hydrogens (tertiary/aromatic N) is 1. The normalized spacial score (nSPS) is 16.9. The number of para-hydroxylation sites is 1. The quantitative estimate of drug-likeness (QED) is 0.862. The summed E-state index contributed by atoms with van der Waals surface area (Å²) in [6.07, 6.45) is -0.583. The minimum absolute atomic E-state index is 0.109. The second-order valence-electron chi connectivity index (χ2n) is 6.10. The Morgan fingerprint density at radius 3 is 2.62 bits per heavy atom. The van der Waals surface area contributed by atoms with E-state index in [0.717, 1.165) is 11.3 Å². The molecule has 0 radical (unpaired) electrons. The van der Waals surface area contributed by atoms with Crippen LogP contribution < -0.4 is 4.74 Å². The molecule has 1 saturated heterocycles. The molecule has 1 amide bonds. The summed E-state index contributed by atoms with van der Waals surface area (Å²) in [5, 5.41) is 8.93. The number of morpholine rings is 1. The van der Waals surface area contributed by atoms with Gasteiger partial charge in [0.15, 0.2) is 0 Å². The first-order valence-electron chi connectivity index (χ1n) is 8.52. The predicted molar refractivity (Wildman–Crippen MR) is 95.1 cm³/mol. The van der Waals surface area contributed by atoms with E-state index in [9.17, 15) is 9.59 Å². The first kappa shape index (κ1) is 17.9. The number of carbonyl (C=O) groups excluding carboxylic acids is 1. The Labute approximate surface area is 152 Å². The van der Waals surface area contributed by atoms with Crippen molar-refractivity contribution < 1.29 is 24.2 Å². The number of carbonyl (C=O) groups is 2. The van der Waals surface area contributed by atoms with Crippen LogP contribution in [0.2, 0.25) is 0 Å². The molecular weight excluding hydrogens is 334 g/mol. The molecule has 1 unspecified atom stereocenters. The maximum Gasteiger partial charge on any atom is 0.306 e. The summed E-state index contributed by atoms with van der Waals surface area (Å²) >= 11 is 0. The second-order valence-corrected chi connectivity index (χ2v) is 6.10. The topological polar surface area (TPSA) is 76.1 Å². The lowest BCUT2D eigenvalue weighted by Gasteiger charge is -2.32. The number of aliphatic carboxylic acids is 1. The zero-order valence-electron chi connectivity index (χ0n) is 14.3. The van der Waals surface area contributed by atoms with Crippen molar-refractivity contribution in [3.63, 3.8) is 0 Å². The van der Waals surface area contributed by atoms with Crippen LogP contribution in [0.1, 0.15) is 22.3 Å². The van der Waals surface area contributed by atoms with Crippen LogP contribution in [0.3, 0.4) is 0 Å². The molecular formula is C20H21NO5. The Kier molecular flexibility index (Phi) is 5.86. The highest BCUT2D eigenvalue weighted by Crippen LogP contribution is 2.18. The van der Waals surface area contributed by atoms with Gasteiger partial charge in [0.25, 0.3) is 5.91 Å². The van der Waals surface area contributed by atoms with Crippen LogP contribution in [0, 0.1) is 0 Å². The van der Waals surface area contributed by atoms with Crippen molar-refractivity contribution in [2.75, 3.05) is 19.7 Å². The lowest BCUT2D eigenvalue weighted by molar-refractivity contribution is -0.141. The molecule has 0 spiro atoms. The molecule has 2 aromatic rings. The highest BCUT2D eigenvalue weighted by atomic mass is 16.5. The van der Waals surface area contributed by atoms with Crippen LogP contribution in [0.25, 0.3) is 0 Å². The molecule has 1 aliphatic rings. The van der Waals surface area contributed by atoms with Crippen LogP contribution in [0.5, 0.6) is 5.75 Å². The SMILES string of the molecule is O=C(O)CC1CN(C(=O)c2ccccc2COc2ccccc2)CCO1. The molecule has 1 aliphatic heterocycles. The Morgan fingerprint density at radius 2 is 1.85 bits per heavy atom. The first-order valence-corrected chi connectivity index (χ1v) is 8.52. The van der Waals surface area contributed by atoms with E-state index in [1.165, 1.54) is 0 Å². The molecule has 1 heterocycles. The van der Waals surface area contributed by atoms with Gasteiger partial charge in [-0.1, -0.05) is 36.4 Å². The Balaban J connectivity index is 1.70. The van der Waals surface area contributed by atoms with Crippen molar-refractivity contribution >= 4 is 11.9 Å². The smallest absolute Gasteiger partial charge is 0.306 e. The zero-order valence-corrected chi connectivity index (χ0v) is 14.3. The lowest BCUT2D eigenvalue weighted by atomic mass is 10.1. The van der Waals surface area contributed by atoms with E-state index in [2.05, 4.69) is 0 Å². The van der Waals surface area contributed by atoms with E-state index in [1.54, 1.807) is 11.0 Å². The second kappa shape index (κ2) is 8.49. The van der Waals surface area contributed by atoms with Gasteiger partial charge in [0, 0.05) is 24.2 Å². The monoisotopic (exact) mass is 355 g/mol. The summed E-state index contributed by atoms with van der Waals surface area (Å²) in [4.78, 5) is 25.5. The molecule has 0 aromatic heterocycles. The molecule has 26 heavy (non-hydrogen) atoms. The fourth-order valence-electron chi connectivity index (χ4n) is 2.93. The van der Waals surface area contributed by atoms with E-state index in [4.69, 9.17) is 14.6 Å². The number of benzene rings is 2. The average molecular weight is 355 g/mol. The number of carboxylic acid groups (broad SMARTS) is 1. The van der Waals surface area contributed by atoms with Gasteiger partial charge in [-0.15, -0.1) is 0 Å². The third kappa shape index (κ3) is 4.61. The Hall–Kier alpha value is -2.86. The summed E-state index contributed by atoms with van der Waals surface area (Å²) in [6, 6.07) is 16.7. The van der Waals surface area contributed by atoms with Gasteiger partial charge in [-0.05, 0) is 18.2 Å². The van der Waals surface area contributed by atoms with Crippen LogP contribution in [-0.2, 0) is 16.1 Å². The molecule has 3 rings (SSSR count). The van der Waals surface area contributed by atoms with Gasteiger partial charge in [0.05, 0.1) is 19.1 Å². The highest BCUT2D eigenvalue weighted by molar-refractivity contribution is 5.95. The fraction of sp³-hybridized carbons (Fsp3) is 0.300. The number of ether oxygens (including phenoxy) is 2. The molecule has 0 aliphatic carbocycles. The fourth-order valence-corrected chi connectivity index (χ4v) is 2.93. The third-order valence-electron chi connectivity index (χ3n) is 4.21. The Bertz CT molecular complexity index is 762. The molecule has 0 bridgehead atoms. The van der Waals surface area contributed by atoms with E-state index in [1.807, 2.05) is 48.5 Å². The maximum absolute atomic E-state index is 12.9. The van der Waals surface area contributed by atoms with Crippen molar-refractivity contribution in [2.45, 2.75) is 19.1 Å². The van der Waals surface area contributed by atoms with Gasteiger partial charge in [-0.25, -0.2) is 0 Å². The summed E-state index contributed by atoms with van der Waals surface area (Å²) in [7, 11) is 0. The summed E-state index contributed by atoms with van der Waals surface area (Å²) in [6.45, 7) is 1.35. The van der Waals surface area contributed by atoms with Crippen LogP contribution in [0.4, 0.5) is 0 Å². The van der Waals surface area contributed by atoms with Crippen molar-refractivity contribution in [3.05, 3.63) is 65.7 Å². The molecule has 1 atom stereocenters. The minimum Gasteiger partial charge on any atom is -0.489 e. The Morgan fingerprint density at radius 1 is 1.12 bits per heavy atom. The van der Waals surface area contributed by atoms with Gasteiger partial charge in [0.2, 0.25) is 0 Å². The summed E-state index contributed by atoms with van der Waals surface area (Å²) in [5.41, 5.74) is 1.36. The molecule has 1 fully saturated rings. The number of carboxylic acids is 1. The average Bonchev–Trinajstić information content (AvgIpc) is 2.66. The van der Waals surface area contributed by atoms with Gasteiger partial charge in [-0.2, -0.15) is 0 Å². The molecule has 0 saturated carbocycles. The number of amides is 1. The zero-order chi connectivity index (χ0) is 18.4. The summed E-state index contributed by atoms with van der Waals surface area (Å²) in [5.74, 6) is -0.320. The number of hydrogen-bond acceptors (Lipinski definition) is 4. The lowest BCUT2D eigenvalue weighted by Crippen LogP contribution is -2.46. The van der Waals surface area contributed by atoms with Crippen molar-refractivity contribution in [1.82, 2.24) is 4.90 Å². The van der Waals surface area contributed by atoms with E-state index < -0.39 is 12.1 Å². The largest absolute Gasteiger partial charge is 0.489 e. The highest BCUT2D eigenvalue weighted by Gasteiger charge is 2.27. The van der Waals surface area contributed by atoms with Gasteiger partial charge < -0.3 is 19.5 Å². The van der Waals surface area contributed by atoms with Crippen molar-refractivity contribution in [1.29, 1.82) is 0 Å². The van der Waals surface area contributed by atoms with Crippen molar-refractivity contribution in [3.8, 4) is 5.75 Å². The molecule has 136 valence electrons. The molecule has 2 aromatic carbocycles. The van der Waals surface area contributed by atoms with E-state index in [0.29, 0.717) is 18.7 Å². The maximum atomic E-state index is 12.9. The minimum atomic E-state index is -0.930. The van der Waals surface area contributed by atoms with Gasteiger partial charge in [0.1, 0.15) is 12.4 Å². The van der Waals surface area contributed by atoms with Crippen LogP contribution in [0.15, 0.2) is 54.6 Å². The number of rotatable bonds is 6. The third-order valence-corrected chi connectivity index (χ3v) is 4.21. The van der Waals surface area contributed by atoms with E-state index >= 15 is 0 Å². The standard InChI is InChI=1S/C20H21NO5/c22-19(23)12-17-13-21(10-11-25-17)20(24)18-9-5-4-6-15(18)14-26-16-7-2-1-3-8-16/h1-9,17H,10-14H2,(H,22,23). The predicted octanol–water partition coefficient (Wildman–Crippen LogP) is 2.58. The van der Waals surface area contributed by atoms with Crippen LogP contribution >= 0.6 is 0 Å².